The van der Waals surface area contributed by atoms with Gasteiger partial charge in [0, 0.05) is 12.1 Å². The van der Waals surface area contributed by atoms with Crippen LogP contribution in [0.15, 0.2) is 53.4 Å². The van der Waals surface area contributed by atoms with Crippen LogP contribution in [0, 0.1) is 12.8 Å². The maximum absolute atomic E-state index is 13.1. The number of aryl methyl sites for hydroxylation is 1. The van der Waals surface area contributed by atoms with Crippen LogP contribution in [0.4, 0.5) is 5.69 Å². The van der Waals surface area contributed by atoms with Crippen molar-refractivity contribution in [2.45, 2.75) is 18.2 Å². The molecule has 6 nitrogen and oxygen atoms in total. The van der Waals surface area contributed by atoms with Gasteiger partial charge in [-0.3, -0.25) is 13.9 Å². The molecule has 25 heavy (non-hydrogen) atoms. The third-order valence-corrected chi connectivity index (χ3v) is 6.11. The highest BCUT2D eigenvalue weighted by atomic mass is 32.2. The molecule has 1 heterocycles. The zero-order valence-electron chi connectivity index (χ0n) is 13.5. The van der Waals surface area contributed by atoms with Crippen molar-refractivity contribution in [1.29, 1.82) is 0 Å². The first kappa shape index (κ1) is 17.2. The monoisotopic (exact) mass is 359 g/mol. The Morgan fingerprint density at radius 2 is 1.76 bits per heavy atom. The second-order valence-corrected chi connectivity index (χ2v) is 7.81. The van der Waals surface area contributed by atoms with E-state index in [1.165, 1.54) is 24.3 Å². The van der Waals surface area contributed by atoms with E-state index in [0.29, 0.717) is 0 Å². The van der Waals surface area contributed by atoms with Gasteiger partial charge in [-0.1, -0.05) is 29.8 Å². The molecule has 130 valence electrons. The molecule has 3 rings (SSSR count). The molecule has 0 spiro atoms. The highest BCUT2D eigenvalue weighted by molar-refractivity contribution is 7.92. The molecule has 1 aliphatic rings. The van der Waals surface area contributed by atoms with Crippen LogP contribution < -0.4 is 4.31 Å². The fourth-order valence-electron chi connectivity index (χ4n) is 2.91. The van der Waals surface area contributed by atoms with E-state index >= 15 is 0 Å². The van der Waals surface area contributed by atoms with E-state index in [4.69, 9.17) is 0 Å². The number of sulfonamides is 1. The summed E-state index contributed by atoms with van der Waals surface area (Å²) in [4.78, 5) is 24.0. The van der Waals surface area contributed by atoms with E-state index in [1.54, 1.807) is 24.3 Å². The molecule has 1 unspecified atom stereocenters. The van der Waals surface area contributed by atoms with Crippen LogP contribution in [0.25, 0.3) is 0 Å². The number of hydrogen-bond donors (Lipinski definition) is 1. The number of Topliss-reactive ketones (excluding diaryl/α,β-unsaturated/α-hetero) is 1. The minimum atomic E-state index is -3.90. The molecule has 0 fully saturated rings. The number of carboxylic acids is 1. The molecule has 7 heteroatoms. The number of para-hydroxylation sites is 1. The third-order valence-electron chi connectivity index (χ3n) is 4.28. The summed E-state index contributed by atoms with van der Waals surface area (Å²) >= 11 is 0. The molecule has 1 aliphatic heterocycles. The van der Waals surface area contributed by atoms with Gasteiger partial charge in [0.15, 0.2) is 5.78 Å². The lowest BCUT2D eigenvalue weighted by atomic mass is 9.95. The number of anilines is 1. The maximum Gasteiger partial charge on any atom is 0.314 e. The molecular weight excluding hydrogens is 342 g/mol. The number of carbonyl (C=O) groups is 2. The van der Waals surface area contributed by atoms with Gasteiger partial charge in [-0.2, -0.15) is 0 Å². The Morgan fingerprint density at radius 1 is 1.12 bits per heavy atom. The molecule has 0 aromatic heterocycles. The van der Waals surface area contributed by atoms with Crippen LogP contribution in [0.1, 0.15) is 22.3 Å². The van der Waals surface area contributed by atoms with E-state index in [2.05, 4.69) is 0 Å². The summed E-state index contributed by atoms with van der Waals surface area (Å²) < 4.78 is 27.3. The topological polar surface area (TPSA) is 91.8 Å². The molecule has 0 aliphatic carbocycles. The number of fused-ring (bicyclic) bond motifs is 1. The SMILES string of the molecule is Cc1ccc(S(=O)(=O)N2CCC(C(=O)O)C(=O)c3ccccc32)cc1. The molecule has 0 amide bonds. The smallest absolute Gasteiger partial charge is 0.314 e. The van der Waals surface area contributed by atoms with Crippen LogP contribution in [0.2, 0.25) is 0 Å². The highest BCUT2D eigenvalue weighted by Crippen LogP contribution is 2.33. The van der Waals surface area contributed by atoms with Gasteiger partial charge in [-0.05, 0) is 37.6 Å². The number of carbonyl (C=O) groups excluding carboxylic acids is 1. The van der Waals surface area contributed by atoms with Crippen molar-refractivity contribution in [2.75, 3.05) is 10.8 Å². The van der Waals surface area contributed by atoms with Crippen LogP contribution >= 0.6 is 0 Å². The van der Waals surface area contributed by atoms with Gasteiger partial charge in [0.25, 0.3) is 10.0 Å². The molecule has 2 aromatic rings. The first-order valence-electron chi connectivity index (χ1n) is 7.78. The summed E-state index contributed by atoms with van der Waals surface area (Å²) in [5, 5.41) is 9.31. The summed E-state index contributed by atoms with van der Waals surface area (Å²) in [5.41, 5.74) is 1.26. The zero-order chi connectivity index (χ0) is 18.2. The first-order valence-corrected chi connectivity index (χ1v) is 9.22. The van der Waals surface area contributed by atoms with Crippen molar-refractivity contribution in [1.82, 2.24) is 0 Å². The van der Waals surface area contributed by atoms with Gasteiger partial charge in [0.2, 0.25) is 0 Å². The van der Waals surface area contributed by atoms with E-state index in [9.17, 15) is 23.1 Å². The van der Waals surface area contributed by atoms with Crippen LogP contribution in [-0.2, 0) is 14.8 Å². The van der Waals surface area contributed by atoms with Crippen molar-refractivity contribution in [2.24, 2.45) is 5.92 Å². The van der Waals surface area contributed by atoms with Gasteiger partial charge >= 0.3 is 5.97 Å². The minimum Gasteiger partial charge on any atom is -0.481 e. The molecule has 0 bridgehead atoms. The molecule has 2 aromatic carbocycles. The largest absolute Gasteiger partial charge is 0.481 e. The Balaban J connectivity index is 2.13. The minimum absolute atomic E-state index is 0.0735. The summed E-state index contributed by atoms with van der Waals surface area (Å²) in [5.74, 6) is -3.06. The Morgan fingerprint density at radius 3 is 2.40 bits per heavy atom. The predicted octanol–water partition coefficient (Wildman–Crippen LogP) is 2.48. The second kappa shape index (κ2) is 6.33. The summed E-state index contributed by atoms with van der Waals surface area (Å²) in [6, 6.07) is 12.6. The number of ketones is 1. The molecular formula is C18H17NO5S. The predicted molar refractivity (Wildman–Crippen MR) is 92.2 cm³/mol. The van der Waals surface area contributed by atoms with Gasteiger partial charge in [-0.15, -0.1) is 0 Å². The molecule has 0 saturated carbocycles. The fourth-order valence-corrected chi connectivity index (χ4v) is 4.41. The average Bonchev–Trinajstić information content (AvgIpc) is 2.73. The summed E-state index contributed by atoms with van der Waals surface area (Å²) in [6.45, 7) is 1.78. The number of hydrogen-bond acceptors (Lipinski definition) is 4. The average molecular weight is 359 g/mol. The van der Waals surface area contributed by atoms with Crippen molar-refractivity contribution in [3.63, 3.8) is 0 Å². The normalized spacial score (nSPS) is 17.7. The maximum atomic E-state index is 13.1. The number of aliphatic carboxylic acids is 1. The summed E-state index contributed by atoms with van der Waals surface area (Å²) in [6.07, 6.45) is -0.0755. The highest BCUT2D eigenvalue weighted by Gasteiger charge is 2.37. The van der Waals surface area contributed by atoms with E-state index in [0.717, 1.165) is 9.87 Å². The molecule has 0 radical (unpaired) electrons. The molecule has 1 atom stereocenters. The van der Waals surface area contributed by atoms with Gasteiger partial charge in [0.1, 0.15) is 5.92 Å². The fraction of sp³-hybridized carbons (Fsp3) is 0.222. The third kappa shape index (κ3) is 3.02. The van der Waals surface area contributed by atoms with E-state index in [1.807, 2.05) is 6.92 Å². The van der Waals surface area contributed by atoms with Crippen molar-refractivity contribution in [3.05, 3.63) is 59.7 Å². The quantitative estimate of drug-likeness (QED) is 0.850. The summed E-state index contributed by atoms with van der Waals surface area (Å²) in [7, 11) is -3.90. The van der Waals surface area contributed by atoms with Gasteiger partial charge in [-0.25, -0.2) is 8.42 Å². The number of benzene rings is 2. The van der Waals surface area contributed by atoms with Gasteiger partial charge < -0.3 is 5.11 Å². The lowest BCUT2D eigenvalue weighted by Gasteiger charge is -2.24. The lowest BCUT2D eigenvalue weighted by Crippen LogP contribution is -2.32. The molecule has 1 N–H and O–H groups in total. The Bertz CT molecular complexity index is 934. The van der Waals surface area contributed by atoms with Crippen molar-refractivity contribution in [3.8, 4) is 0 Å². The Hall–Kier alpha value is -2.67. The van der Waals surface area contributed by atoms with Crippen LogP contribution in [-0.4, -0.2) is 31.8 Å². The van der Waals surface area contributed by atoms with Crippen molar-refractivity contribution < 1.29 is 23.1 Å². The Labute approximate surface area is 145 Å². The van der Waals surface area contributed by atoms with E-state index in [-0.39, 0.29) is 29.1 Å². The molecule has 0 saturated heterocycles. The second-order valence-electron chi connectivity index (χ2n) is 5.95. The number of rotatable bonds is 3. The zero-order valence-corrected chi connectivity index (χ0v) is 14.4. The van der Waals surface area contributed by atoms with Gasteiger partial charge in [0.05, 0.1) is 10.6 Å². The number of nitrogens with zero attached hydrogens (tertiary/aromatic N) is 1. The number of carboxylic acid groups (broad SMARTS) is 1. The van der Waals surface area contributed by atoms with Crippen molar-refractivity contribution >= 4 is 27.5 Å². The Kier molecular flexibility index (Phi) is 4.34. The lowest BCUT2D eigenvalue weighted by molar-refractivity contribution is -0.140. The standard InChI is InChI=1S/C18H17NO5S/c1-12-6-8-13(9-7-12)25(23,24)19-11-10-15(18(21)22)17(20)14-4-2-3-5-16(14)19/h2-9,15H,10-11H2,1H3,(H,21,22). The van der Waals surface area contributed by atoms with E-state index < -0.39 is 27.7 Å². The van der Waals surface area contributed by atoms with Crippen LogP contribution in [0.3, 0.4) is 0 Å². The first-order chi connectivity index (χ1) is 11.8. The van der Waals surface area contributed by atoms with Crippen LogP contribution in [0.5, 0.6) is 0 Å².